The molecule has 1 heterocycles. The van der Waals surface area contributed by atoms with Gasteiger partial charge < -0.3 is 10.2 Å². The minimum Gasteiger partial charge on any atom is -0.325 e. The fourth-order valence-electron chi connectivity index (χ4n) is 2.97. The third-order valence-electron chi connectivity index (χ3n) is 3.98. The first-order valence-electron chi connectivity index (χ1n) is 7.27. The topological polar surface area (TPSA) is 33.5 Å². The molecule has 0 aliphatic carbocycles. The minimum absolute atomic E-state index is 0.133. The summed E-state index contributed by atoms with van der Waals surface area (Å²) in [6, 6.07) is 6.78. The molecule has 19 heavy (non-hydrogen) atoms. The van der Waals surface area contributed by atoms with Gasteiger partial charge in [0.05, 0.1) is 12.6 Å². The summed E-state index contributed by atoms with van der Waals surface area (Å²) < 4.78 is 0. The Balaban J connectivity index is 1.93. The van der Waals surface area contributed by atoms with Crippen molar-refractivity contribution in [2.45, 2.75) is 46.1 Å². The fourth-order valence-corrected chi connectivity index (χ4v) is 2.97. The number of hydrogen-bond acceptors (Lipinski definition) is 1. The molecule has 0 saturated carbocycles. The van der Waals surface area contributed by atoms with Crippen molar-refractivity contribution in [1.82, 2.24) is 0 Å². The monoisotopic (exact) mass is 261 g/mol. The van der Waals surface area contributed by atoms with E-state index < -0.39 is 0 Å². The SMILES string of the molecule is Cc1cc(C)cc(NC(=O)C[NH+]2CCCC[C@@H]2C)c1. The van der Waals surface area contributed by atoms with E-state index in [4.69, 9.17) is 0 Å². The highest BCUT2D eigenvalue weighted by Crippen LogP contribution is 2.13. The number of likely N-dealkylation sites (tertiary alicyclic amines) is 1. The van der Waals surface area contributed by atoms with Gasteiger partial charge in [0, 0.05) is 5.69 Å². The number of nitrogens with one attached hydrogen (secondary N) is 2. The Labute approximate surface area is 116 Å². The molecule has 1 aromatic rings. The van der Waals surface area contributed by atoms with E-state index in [-0.39, 0.29) is 5.91 Å². The Morgan fingerprint density at radius 1 is 1.26 bits per heavy atom. The number of amides is 1. The van der Waals surface area contributed by atoms with Crippen LogP contribution in [-0.2, 0) is 4.79 Å². The van der Waals surface area contributed by atoms with Crippen molar-refractivity contribution in [3.8, 4) is 0 Å². The first-order valence-corrected chi connectivity index (χ1v) is 7.27. The molecular weight excluding hydrogens is 236 g/mol. The minimum atomic E-state index is 0.133. The zero-order valence-electron chi connectivity index (χ0n) is 12.3. The lowest BCUT2D eigenvalue weighted by atomic mass is 10.0. The van der Waals surface area contributed by atoms with Crippen molar-refractivity contribution in [3.05, 3.63) is 29.3 Å². The van der Waals surface area contributed by atoms with Gasteiger partial charge >= 0.3 is 0 Å². The normalized spacial score (nSPS) is 23.1. The lowest BCUT2D eigenvalue weighted by Gasteiger charge is -2.29. The lowest BCUT2D eigenvalue weighted by Crippen LogP contribution is -3.17. The third kappa shape index (κ3) is 4.06. The predicted molar refractivity (Wildman–Crippen MR) is 78.6 cm³/mol. The molecule has 1 amide bonds. The molecule has 0 bridgehead atoms. The van der Waals surface area contributed by atoms with Crippen molar-refractivity contribution in [2.75, 3.05) is 18.4 Å². The molecule has 0 spiro atoms. The van der Waals surface area contributed by atoms with Gasteiger partial charge in [0.15, 0.2) is 6.54 Å². The van der Waals surface area contributed by atoms with Gasteiger partial charge in [0.2, 0.25) is 0 Å². The van der Waals surface area contributed by atoms with Crippen molar-refractivity contribution < 1.29 is 9.69 Å². The molecule has 0 radical (unpaired) electrons. The second kappa shape index (κ2) is 6.20. The average molecular weight is 261 g/mol. The summed E-state index contributed by atoms with van der Waals surface area (Å²) in [5, 5.41) is 3.03. The summed E-state index contributed by atoms with van der Waals surface area (Å²) in [7, 11) is 0. The van der Waals surface area contributed by atoms with Crippen LogP contribution >= 0.6 is 0 Å². The summed E-state index contributed by atoms with van der Waals surface area (Å²) in [5.41, 5.74) is 3.30. The molecule has 1 aliphatic rings. The summed E-state index contributed by atoms with van der Waals surface area (Å²) in [4.78, 5) is 13.5. The van der Waals surface area contributed by atoms with E-state index in [1.165, 1.54) is 35.3 Å². The molecule has 2 rings (SSSR count). The average Bonchev–Trinajstić information content (AvgIpc) is 2.30. The largest absolute Gasteiger partial charge is 0.325 e. The number of quaternary nitrogens is 1. The first kappa shape index (κ1) is 14.1. The lowest BCUT2D eigenvalue weighted by molar-refractivity contribution is -0.920. The molecular formula is C16H25N2O+. The molecule has 1 aromatic carbocycles. The molecule has 2 atom stereocenters. The Kier molecular flexibility index (Phi) is 4.59. The van der Waals surface area contributed by atoms with Gasteiger partial charge in [0.25, 0.3) is 5.91 Å². The van der Waals surface area contributed by atoms with Gasteiger partial charge in [-0.3, -0.25) is 4.79 Å². The standard InChI is InChI=1S/C16H24N2O/c1-12-8-13(2)10-15(9-12)17-16(19)11-18-7-5-4-6-14(18)3/h8-10,14H,4-7,11H2,1-3H3,(H,17,19)/p+1/t14-/m0/s1. The van der Waals surface area contributed by atoms with E-state index >= 15 is 0 Å². The highest BCUT2D eigenvalue weighted by atomic mass is 16.2. The van der Waals surface area contributed by atoms with Gasteiger partial charge in [-0.05, 0) is 63.3 Å². The van der Waals surface area contributed by atoms with Crippen molar-refractivity contribution >= 4 is 11.6 Å². The van der Waals surface area contributed by atoms with Gasteiger partial charge in [-0.15, -0.1) is 0 Å². The van der Waals surface area contributed by atoms with E-state index in [2.05, 4.69) is 32.2 Å². The van der Waals surface area contributed by atoms with Crippen LogP contribution in [0.4, 0.5) is 5.69 Å². The summed E-state index contributed by atoms with van der Waals surface area (Å²) in [5.74, 6) is 0.133. The molecule has 1 unspecified atom stereocenters. The van der Waals surface area contributed by atoms with E-state index in [9.17, 15) is 4.79 Å². The predicted octanol–water partition coefficient (Wildman–Crippen LogP) is 1.70. The zero-order valence-corrected chi connectivity index (χ0v) is 12.3. The van der Waals surface area contributed by atoms with Gasteiger partial charge in [-0.2, -0.15) is 0 Å². The van der Waals surface area contributed by atoms with Gasteiger partial charge in [-0.25, -0.2) is 0 Å². The van der Waals surface area contributed by atoms with Crippen molar-refractivity contribution in [3.63, 3.8) is 0 Å². The number of rotatable bonds is 3. The molecule has 3 heteroatoms. The smallest absolute Gasteiger partial charge is 0.279 e. The number of hydrogen-bond donors (Lipinski definition) is 2. The maximum Gasteiger partial charge on any atom is 0.279 e. The molecule has 0 aromatic heterocycles. The highest BCUT2D eigenvalue weighted by Gasteiger charge is 2.24. The van der Waals surface area contributed by atoms with Crippen molar-refractivity contribution in [2.24, 2.45) is 0 Å². The van der Waals surface area contributed by atoms with E-state index in [1.54, 1.807) is 0 Å². The van der Waals surface area contributed by atoms with Crippen LogP contribution in [0.5, 0.6) is 0 Å². The molecule has 1 fully saturated rings. The number of benzene rings is 1. The number of piperidine rings is 1. The molecule has 1 aliphatic heterocycles. The molecule has 2 N–H and O–H groups in total. The zero-order chi connectivity index (χ0) is 13.8. The van der Waals surface area contributed by atoms with Gasteiger partial charge in [-0.1, -0.05) is 6.07 Å². The molecule has 3 nitrogen and oxygen atoms in total. The van der Waals surface area contributed by atoms with Crippen LogP contribution in [0.2, 0.25) is 0 Å². The third-order valence-corrected chi connectivity index (χ3v) is 3.98. The Hall–Kier alpha value is -1.35. The molecule has 104 valence electrons. The van der Waals surface area contributed by atoms with E-state index in [0.29, 0.717) is 12.6 Å². The quantitative estimate of drug-likeness (QED) is 0.853. The van der Waals surface area contributed by atoms with Crippen LogP contribution in [0.3, 0.4) is 0 Å². The van der Waals surface area contributed by atoms with Crippen LogP contribution < -0.4 is 10.2 Å². The summed E-state index contributed by atoms with van der Waals surface area (Å²) >= 11 is 0. The maximum atomic E-state index is 12.1. The number of carbonyl (C=O) groups excluding carboxylic acids is 1. The van der Waals surface area contributed by atoms with Crippen LogP contribution in [0.1, 0.15) is 37.3 Å². The Morgan fingerprint density at radius 3 is 2.58 bits per heavy atom. The van der Waals surface area contributed by atoms with E-state index in [1.807, 2.05) is 12.1 Å². The molecule has 1 saturated heterocycles. The van der Waals surface area contributed by atoms with Gasteiger partial charge in [0.1, 0.15) is 0 Å². The van der Waals surface area contributed by atoms with Crippen LogP contribution in [0.25, 0.3) is 0 Å². The fraction of sp³-hybridized carbons (Fsp3) is 0.562. The maximum absolute atomic E-state index is 12.1. The van der Waals surface area contributed by atoms with Crippen LogP contribution in [-0.4, -0.2) is 25.0 Å². The van der Waals surface area contributed by atoms with E-state index in [0.717, 1.165) is 12.2 Å². The van der Waals surface area contributed by atoms with Crippen molar-refractivity contribution in [1.29, 1.82) is 0 Å². The Bertz CT molecular complexity index is 436. The Morgan fingerprint density at radius 2 is 1.95 bits per heavy atom. The first-order chi connectivity index (χ1) is 9.04. The van der Waals surface area contributed by atoms with Crippen LogP contribution in [0.15, 0.2) is 18.2 Å². The second-order valence-corrected chi connectivity index (χ2v) is 5.91. The summed E-state index contributed by atoms with van der Waals surface area (Å²) in [6.07, 6.45) is 3.80. The van der Waals surface area contributed by atoms with Crippen LogP contribution in [0, 0.1) is 13.8 Å². The number of anilines is 1. The summed E-state index contributed by atoms with van der Waals surface area (Å²) in [6.45, 7) is 8.08. The number of aryl methyl sites for hydroxylation is 2. The highest BCUT2D eigenvalue weighted by molar-refractivity contribution is 5.91. The second-order valence-electron chi connectivity index (χ2n) is 5.91. The number of carbonyl (C=O) groups is 1.